The third kappa shape index (κ3) is 1.68. The Labute approximate surface area is 85.5 Å². The fraction of sp³-hybridized carbons (Fsp3) is 0.200. The highest BCUT2D eigenvalue weighted by Gasteiger charge is 2.29. The van der Waals surface area contributed by atoms with Crippen LogP contribution in [-0.4, -0.2) is 18.2 Å². The molecule has 1 saturated heterocycles. The number of benzene rings is 1. The average molecular weight is 208 g/mol. The van der Waals surface area contributed by atoms with Crippen molar-refractivity contribution in [3.63, 3.8) is 0 Å². The van der Waals surface area contributed by atoms with Crippen molar-refractivity contribution >= 4 is 23.1 Å². The molecule has 0 saturated carbocycles. The Balaban J connectivity index is 2.41. The van der Waals surface area contributed by atoms with Crippen molar-refractivity contribution < 1.29 is 14.0 Å². The number of halogens is 1. The number of anilines is 2. The molecule has 0 bridgehead atoms. The molecule has 0 radical (unpaired) electrons. The zero-order valence-corrected chi connectivity index (χ0v) is 7.87. The van der Waals surface area contributed by atoms with Crippen LogP contribution >= 0.6 is 0 Å². The number of carbonyl (C=O) groups excluding carboxylic acids is 2. The fourth-order valence-corrected chi connectivity index (χ4v) is 1.55. The molecule has 2 N–H and O–H groups in total. The summed E-state index contributed by atoms with van der Waals surface area (Å²) >= 11 is 0. The van der Waals surface area contributed by atoms with Gasteiger partial charge in [-0.3, -0.25) is 9.59 Å². The molecule has 1 aromatic rings. The molecule has 4 nitrogen and oxygen atoms in total. The van der Waals surface area contributed by atoms with Gasteiger partial charge in [0.05, 0.1) is 24.3 Å². The van der Waals surface area contributed by atoms with Crippen LogP contribution in [0, 0.1) is 5.82 Å². The number of nitrogen functional groups attached to an aromatic ring is 1. The average Bonchev–Trinajstić information content (AvgIpc) is 2.50. The highest BCUT2D eigenvalue weighted by atomic mass is 19.1. The number of nitrogens with zero attached hydrogens (tertiary/aromatic N) is 1. The van der Waals surface area contributed by atoms with E-state index in [0.29, 0.717) is 5.69 Å². The molecule has 5 heteroatoms. The Morgan fingerprint density at radius 3 is 2.67 bits per heavy atom. The highest BCUT2D eigenvalue weighted by Crippen LogP contribution is 2.27. The molecular formula is C10H9FN2O2. The third-order valence-corrected chi connectivity index (χ3v) is 2.27. The van der Waals surface area contributed by atoms with Crippen LogP contribution in [0.15, 0.2) is 18.2 Å². The van der Waals surface area contributed by atoms with E-state index >= 15 is 0 Å². The predicted octanol–water partition coefficient (Wildman–Crippen LogP) is 0.714. The fourth-order valence-electron chi connectivity index (χ4n) is 1.55. The number of ketones is 1. The Morgan fingerprint density at radius 1 is 1.33 bits per heavy atom. The summed E-state index contributed by atoms with van der Waals surface area (Å²) in [5, 5.41) is 0. The van der Waals surface area contributed by atoms with Gasteiger partial charge in [0.15, 0.2) is 5.78 Å². The number of hydrogen-bond donors (Lipinski definition) is 1. The Kier molecular flexibility index (Phi) is 2.15. The van der Waals surface area contributed by atoms with Gasteiger partial charge in [-0.15, -0.1) is 0 Å². The van der Waals surface area contributed by atoms with Gasteiger partial charge in [0, 0.05) is 0 Å². The van der Waals surface area contributed by atoms with Crippen LogP contribution in [0.3, 0.4) is 0 Å². The molecule has 0 aliphatic carbocycles. The summed E-state index contributed by atoms with van der Waals surface area (Å²) in [5.74, 6) is -0.993. The van der Waals surface area contributed by atoms with Gasteiger partial charge in [0.25, 0.3) is 0 Å². The van der Waals surface area contributed by atoms with Crippen LogP contribution in [0.4, 0.5) is 15.8 Å². The largest absolute Gasteiger partial charge is 0.397 e. The molecule has 0 atom stereocenters. The van der Waals surface area contributed by atoms with E-state index in [1.807, 2.05) is 0 Å². The molecule has 1 fully saturated rings. The standard InChI is InChI=1S/C10H9FN2O2/c11-6-1-2-8(12)9(3-6)13-5-7(14)4-10(13)15/h1-3H,4-5,12H2. The summed E-state index contributed by atoms with van der Waals surface area (Å²) in [7, 11) is 0. The maximum atomic E-state index is 12.9. The molecular weight excluding hydrogens is 199 g/mol. The van der Waals surface area contributed by atoms with E-state index in [0.717, 1.165) is 6.07 Å². The van der Waals surface area contributed by atoms with Crippen LogP contribution < -0.4 is 10.6 Å². The molecule has 15 heavy (non-hydrogen) atoms. The summed E-state index contributed by atoms with van der Waals surface area (Å²) in [5.41, 5.74) is 6.17. The predicted molar refractivity (Wildman–Crippen MR) is 52.8 cm³/mol. The molecule has 0 spiro atoms. The first-order chi connectivity index (χ1) is 7.08. The van der Waals surface area contributed by atoms with Crippen molar-refractivity contribution in [2.45, 2.75) is 6.42 Å². The van der Waals surface area contributed by atoms with Gasteiger partial charge >= 0.3 is 0 Å². The lowest BCUT2D eigenvalue weighted by Gasteiger charge is -2.16. The molecule has 1 amide bonds. The van der Waals surface area contributed by atoms with E-state index in [9.17, 15) is 14.0 Å². The van der Waals surface area contributed by atoms with Crippen molar-refractivity contribution in [2.24, 2.45) is 0 Å². The Morgan fingerprint density at radius 2 is 2.07 bits per heavy atom. The topological polar surface area (TPSA) is 63.4 Å². The first-order valence-corrected chi connectivity index (χ1v) is 4.45. The van der Waals surface area contributed by atoms with E-state index in [4.69, 9.17) is 5.73 Å². The van der Waals surface area contributed by atoms with Crippen molar-refractivity contribution in [2.75, 3.05) is 17.2 Å². The lowest BCUT2D eigenvalue weighted by molar-refractivity contribution is -0.121. The van der Waals surface area contributed by atoms with Crippen molar-refractivity contribution in [1.82, 2.24) is 0 Å². The first kappa shape index (κ1) is 9.64. The van der Waals surface area contributed by atoms with Gasteiger partial charge in [-0.25, -0.2) is 4.39 Å². The molecule has 78 valence electrons. The van der Waals surface area contributed by atoms with E-state index in [1.54, 1.807) is 0 Å². The minimum Gasteiger partial charge on any atom is -0.397 e. The van der Waals surface area contributed by atoms with Gasteiger partial charge in [-0.2, -0.15) is 0 Å². The van der Waals surface area contributed by atoms with E-state index in [-0.39, 0.29) is 30.3 Å². The Hall–Kier alpha value is -1.91. The normalized spacial score (nSPS) is 16.2. The molecule has 0 unspecified atom stereocenters. The van der Waals surface area contributed by atoms with Crippen molar-refractivity contribution in [1.29, 1.82) is 0 Å². The van der Waals surface area contributed by atoms with Crippen LogP contribution in [0.25, 0.3) is 0 Å². The second kappa shape index (κ2) is 3.34. The van der Waals surface area contributed by atoms with Gasteiger partial charge in [0.2, 0.25) is 5.91 Å². The van der Waals surface area contributed by atoms with Gasteiger partial charge in [-0.05, 0) is 18.2 Å². The second-order valence-corrected chi connectivity index (χ2v) is 3.40. The minimum absolute atomic E-state index is 0.0213. The van der Waals surface area contributed by atoms with Crippen LogP contribution in [0.2, 0.25) is 0 Å². The Bertz CT molecular complexity index is 445. The quantitative estimate of drug-likeness (QED) is 0.546. The summed E-state index contributed by atoms with van der Waals surface area (Å²) in [6.07, 6.45) is -0.129. The number of hydrogen-bond acceptors (Lipinski definition) is 3. The van der Waals surface area contributed by atoms with E-state index < -0.39 is 5.82 Å². The maximum absolute atomic E-state index is 12.9. The molecule has 1 aliphatic heterocycles. The molecule has 0 aromatic heterocycles. The highest BCUT2D eigenvalue weighted by molar-refractivity contribution is 6.15. The molecule has 1 heterocycles. The summed E-state index contributed by atoms with van der Waals surface area (Å²) in [4.78, 5) is 23.6. The van der Waals surface area contributed by atoms with Gasteiger partial charge in [0.1, 0.15) is 5.82 Å². The molecule has 1 aromatic carbocycles. The van der Waals surface area contributed by atoms with Crippen molar-refractivity contribution in [3.8, 4) is 0 Å². The lowest BCUT2D eigenvalue weighted by Crippen LogP contribution is -2.25. The zero-order valence-electron chi connectivity index (χ0n) is 7.87. The van der Waals surface area contributed by atoms with Crippen molar-refractivity contribution in [3.05, 3.63) is 24.0 Å². The SMILES string of the molecule is Nc1ccc(F)cc1N1CC(=O)CC1=O. The van der Waals surface area contributed by atoms with E-state index in [1.165, 1.54) is 17.0 Å². The van der Waals surface area contributed by atoms with Crippen LogP contribution in [0.1, 0.15) is 6.42 Å². The third-order valence-electron chi connectivity index (χ3n) is 2.27. The number of nitrogens with two attached hydrogens (primary N) is 1. The number of rotatable bonds is 1. The van der Waals surface area contributed by atoms with Gasteiger partial charge < -0.3 is 10.6 Å². The lowest BCUT2D eigenvalue weighted by atomic mass is 10.2. The molecule has 1 aliphatic rings. The van der Waals surface area contributed by atoms with Gasteiger partial charge in [-0.1, -0.05) is 0 Å². The summed E-state index contributed by atoms with van der Waals surface area (Å²) in [6, 6.07) is 3.74. The number of carbonyl (C=O) groups is 2. The van der Waals surface area contributed by atoms with Crippen LogP contribution in [-0.2, 0) is 9.59 Å². The van der Waals surface area contributed by atoms with Crippen LogP contribution in [0.5, 0.6) is 0 Å². The number of Topliss-reactive ketones (excluding diaryl/α,β-unsaturated/α-hetero) is 1. The molecule has 2 rings (SSSR count). The smallest absolute Gasteiger partial charge is 0.234 e. The zero-order chi connectivity index (χ0) is 11.0. The monoisotopic (exact) mass is 208 g/mol. The first-order valence-electron chi connectivity index (χ1n) is 4.45. The summed E-state index contributed by atoms with van der Waals surface area (Å²) < 4.78 is 12.9. The minimum atomic E-state index is -0.480. The second-order valence-electron chi connectivity index (χ2n) is 3.40. The summed E-state index contributed by atoms with van der Waals surface area (Å²) in [6.45, 7) is -0.0213. The number of amides is 1. The maximum Gasteiger partial charge on any atom is 0.234 e. The van der Waals surface area contributed by atoms with E-state index in [2.05, 4.69) is 0 Å².